The van der Waals surface area contributed by atoms with Crippen LogP contribution in [0.5, 0.6) is 0 Å². The molecular formula is C16H25N3O2S. The molecule has 22 heavy (non-hydrogen) atoms. The van der Waals surface area contributed by atoms with Gasteiger partial charge in [0.1, 0.15) is 0 Å². The number of likely N-dealkylation sites (tertiary alicyclic amines) is 1. The summed E-state index contributed by atoms with van der Waals surface area (Å²) >= 11 is 1.64. The minimum atomic E-state index is -0.00920. The summed E-state index contributed by atoms with van der Waals surface area (Å²) in [6.45, 7) is 7.79. The number of nitrogens with zero attached hydrogens (tertiary/aromatic N) is 2. The van der Waals surface area contributed by atoms with Gasteiger partial charge in [-0.2, -0.15) is 0 Å². The highest BCUT2D eigenvalue weighted by Gasteiger charge is 2.25. The number of piperidine rings is 1. The molecule has 6 heteroatoms. The molecule has 1 aromatic heterocycles. The van der Waals surface area contributed by atoms with Gasteiger partial charge < -0.3 is 10.2 Å². The summed E-state index contributed by atoms with van der Waals surface area (Å²) in [5.74, 6) is 0.603. The molecule has 1 fully saturated rings. The number of amides is 2. The Morgan fingerprint density at radius 3 is 2.95 bits per heavy atom. The fourth-order valence-electron chi connectivity index (χ4n) is 2.60. The van der Waals surface area contributed by atoms with E-state index in [1.165, 1.54) is 0 Å². The zero-order valence-corrected chi connectivity index (χ0v) is 14.4. The SMILES string of the molecule is CCC(=O)N1CCC[C@@H](c2nc(CNC(=O)C(C)C)cs2)C1. The second-order valence-corrected chi connectivity index (χ2v) is 6.97. The molecule has 2 amide bonds. The molecule has 0 unspecified atom stereocenters. The van der Waals surface area contributed by atoms with E-state index in [9.17, 15) is 9.59 Å². The fraction of sp³-hybridized carbons (Fsp3) is 0.688. The number of carbonyl (C=O) groups excluding carboxylic acids is 2. The van der Waals surface area contributed by atoms with Crippen molar-refractivity contribution in [3.8, 4) is 0 Å². The average Bonchev–Trinajstić information content (AvgIpc) is 3.00. The zero-order valence-electron chi connectivity index (χ0n) is 13.6. The number of thiazole rings is 1. The van der Waals surface area contributed by atoms with Crippen molar-refractivity contribution in [1.29, 1.82) is 0 Å². The van der Waals surface area contributed by atoms with Crippen LogP contribution < -0.4 is 5.32 Å². The van der Waals surface area contributed by atoms with E-state index in [-0.39, 0.29) is 17.7 Å². The van der Waals surface area contributed by atoms with Crippen molar-refractivity contribution in [1.82, 2.24) is 15.2 Å². The Morgan fingerprint density at radius 2 is 2.27 bits per heavy atom. The second-order valence-electron chi connectivity index (χ2n) is 6.08. The topological polar surface area (TPSA) is 62.3 Å². The highest BCUT2D eigenvalue weighted by Crippen LogP contribution is 2.29. The van der Waals surface area contributed by atoms with Crippen molar-refractivity contribution < 1.29 is 9.59 Å². The van der Waals surface area contributed by atoms with E-state index in [0.717, 1.165) is 36.6 Å². The van der Waals surface area contributed by atoms with Crippen LogP contribution in [0, 0.1) is 5.92 Å². The van der Waals surface area contributed by atoms with Gasteiger partial charge in [0.15, 0.2) is 0 Å². The van der Waals surface area contributed by atoms with Crippen LogP contribution in [0.4, 0.5) is 0 Å². The summed E-state index contributed by atoms with van der Waals surface area (Å²) in [6, 6.07) is 0. The molecule has 1 aliphatic heterocycles. The normalized spacial score (nSPS) is 18.5. The molecule has 122 valence electrons. The van der Waals surface area contributed by atoms with Crippen molar-refractivity contribution in [2.45, 2.75) is 52.5 Å². The maximum atomic E-state index is 11.9. The third-order valence-electron chi connectivity index (χ3n) is 3.96. The van der Waals surface area contributed by atoms with Crippen molar-refractivity contribution in [2.75, 3.05) is 13.1 Å². The first kappa shape index (κ1) is 16.9. The monoisotopic (exact) mass is 323 g/mol. The van der Waals surface area contributed by atoms with Crippen molar-refractivity contribution in [3.05, 3.63) is 16.1 Å². The van der Waals surface area contributed by atoms with Crippen LogP contribution in [-0.2, 0) is 16.1 Å². The number of nitrogens with one attached hydrogen (secondary N) is 1. The predicted molar refractivity (Wildman–Crippen MR) is 87.6 cm³/mol. The van der Waals surface area contributed by atoms with Crippen LogP contribution in [0.2, 0.25) is 0 Å². The molecule has 1 aromatic rings. The van der Waals surface area contributed by atoms with Crippen LogP contribution in [-0.4, -0.2) is 34.8 Å². The molecule has 2 heterocycles. The minimum absolute atomic E-state index is 0.00920. The van der Waals surface area contributed by atoms with E-state index in [4.69, 9.17) is 0 Å². The molecule has 0 bridgehead atoms. The van der Waals surface area contributed by atoms with Crippen LogP contribution in [0.3, 0.4) is 0 Å². The van der Waals surface area contributed by atoms with Crippen LogP contribution in [0.15, 0.2) is 5.38 Å². The lowest BCUT2D eigenvalue weighted by Gasteiger charge is -2.31. The number of hydrogen-bond acceptors (Lipinski definition) is 4. The van der Waals surface area contributed by atoms with Gasteiger partial charge in [-0.1, -0.05) is 20.8 Å². The van der Waals surface area contributed by atoms with Gasteiger partial charge in [0.05, 0.1) is 17.2 Å². The Balaban J connectivity index is 1.93. The maximum absolute atomic E-state index is 11.9. The molecule has 1 saturated heterocycles. The second kappa shape index (κ2) is 7.72. The Labute approximate surface area is 136 Å². The Hall–Kier alpha value is -1.43. The first-order valence-electron chi connectivity index (χ1n) is 8.01. The van der Waals surface area contributed by atoms with Gasteiger partial charge in [0, 0.05) is 36.7 Å². The fourth-order valence-corrected chi connectivity index (χ4v) is 3.55. The van der Waals surface area contributed by atoms with Crippen molar-refractivity contribution >= 4 is 23.2 Å². The molecule has 5 nitrogen and oxygen atoms in total. The lowest BCUT2D eigenvalue weighted by Crippen LogP contribution is -2.38. The Bertz CT molecular complexity index is 527. The van der Waals surface area contributed by atoms with Gasteiger partial charge in [-0.25, -0.2) is 4.98 Å². The van der Waals surface area contributed by atoms with Crippen molar-refractivity contribution in [2.24, 2.45) is 5.92 Å². The Morgan fingerprint density at radius 1 is 1.50 bits per heavy atom. The van der Waals surface area contributed by atoms with E-state index < -0.39 is 0 Å². The van der Waals surface area contributed by atoms with Crippen LogP contribution in [0.25, 0.3) is 0 Å². The summed E-state index contributed by atoms with van der Waals surface area (Å²) < 4.78 is 0. The smallest absolute Gasteiger partial charge is 0.222 e. The summed E-state index contributed by atoms with van der Waals surface area (Å²) in [5, 5.41) is 5.99. The van der Waals surface area contributed by atoms with E-state index in [1.54, 1.807) is 11.3 Å². The van der Waals surface area contributed by atoms with Gasteiger partial charge >= 0.3 is 0 Å². The first-order valence-corrected chi connectivity index (χ1v) is 8.89. The average molecular weight is 323 g/mol. The summed E-state index contributed by atoms with van der Waals surface area (Å²) in [4.78, 5) is 30.1. The summed E-state index contributed by atoms with van der Waals surface area (Å²) in [5.41, 5.74) is 0.910. The minimum Gasteiger partial charge on any atom is -0.350 e. The molecule has 0 saturated carbocycles. The molecule has 0 spiro atoms. The predicted octanol–water partition coefficient (Wildman–Crippen LogP) is 2.53. The van der Waals surface area contributed by atoms with E-state index >= 15 is 0 Å². The zero-order chi connectivity index (χ0) is 16.1. The van der Waals surface area contributed by atoms with Gasteiger partial charge in [-0.15, -0.1) is 11.3 Å². The summed E-state index contributed by atoms with van der Waals surface area (Å²) in [7, 11) is 0. The third-order valence-corrected chi connectivity index (χ3v) is 5.02. The van der Waals surface area contributed by atoms with Crippen LogP contribution >= 0.6 is 11.3 Å². The van der Waals surface area contributed by atoms with Crippen molar-refractivity contribution in [3.63, 3.8) is 0 Å². The lowest BCUT2D eigenvalue weighted by molar-refractivity contribution is -0.132. The molecule has 0 radical (unpaired) electrons. The number of aromatic nitrogens is 1. The van der Waals surface area contributed by atoms with E-state index in [1.807, 2.05) is 31.1 Å². The quantitative estimate of drug-likeness (QED) is 0.906. The first-order chi connectivity index (χ1) is 10.5. The number of hydrogen-bond donors (Lipinski definition) is 1. The molecule has 1 N–H and O–H groups in total. The molecule has 2 rings (SSSR count). The highest BCUT2D eigenvalue weighted by atomic mass is 32.1. The molecule has 0 aliphatic carbocycles. The Kier molecular flexibility index (Phi) is 5.94. The van der Waals surface area contributed by atoms with E-state index in [0.29, 0.717) is 18.9 Å². The largest absolute Gasteiger partial charge is 0.350 e. The van der Waals surface area contributed by atoms with Gasteiger partial charge in [0.2, 0.25) is 11.8 Å². The molecule has 1 aliphatic rings. The molecule has 0 aromatic carbocycles. The molecule has 1 atom stereocenters. The standard InChI is InChI=1S/C16H25N3O2S/c1-4-14(20)19-7-5-6-12(9-19)16-18-13(10-22-16)8-17-15(21)11(2)3/h10-12H,4-9H2,1-3H3,(H,17,21)/t12-/m1/s1. The van der Waals surface area contributed by atoms with Gasteiger partial charge in [-0.05, 0) is 12.8 Å². The third kappa shape index (κ3) is 4.29. The summed E-state index contributed by atoms with van der Waals surface area (Å²) in [6.07, 6.45) is 2.69. The van der Waals surface area contributed by atoms with Crippen LogP contribution in [0.1, 0.15) is 56.7 Å². The maximum Gasteiger partial charge on any atom is 0.222 e. The van der Waals surface area contributed by atoms with Gasteiger partial charge in [-0.3, -0.25) is 9.59 Å². The number of carbonyl (C=O) groups is 2. The lowest BCUT2D eigenvalue weighted by atomic mass is 9.98. The number of rotatable bonds is 5. The van der Waals surface area contributed by atoms with E-state index in [2.05, 4.69) is 10.3 Å². The highest BCUT2D eigenvalue weighted by molar-refractivity contribution is 7.09. The van der Waals surface area contributed by atoms with Gasteiger partial charge in [0.25, 0.3) is 0 Å². The molecular weight excluding hydrogens is 298 g/mol.